The number of benzene rings is 1. The van der Waals surface area contributed by atoms with E-state index in [4.69, 9.17) is 4.42 Å². The van der Waals surface area contributed by atoms with Crippen molar-refractivity contribution in [2.45, 2.75) is 6.04 Å². The second kappa shape index (κ2) is 8.05. The Hall–Kier alpha value is -3.12. The van der Waals surface area contributed by atoms with Crippen LogP contribution in [0.3, 0.4) is 0 Å². The lowest BCUT2D eigenvalue weighted by atomic mass is 9.96. The number of hydrogen-bond donors (Lipinski definition) is 1. The van der Waals surface area contributed by atoms with Gasteiger partial charge in [-0.3, -0.25) is 9.59 Å². The SMILES string of the molecule is CN(C)CCN1C(=O)C(O)=C(C(=O)/C=C/c2ccco2)C1c1ccccc1. The number of likely N-dealkylation sites (N-methyl/N-ethyl adjacent to an activating group) is 1. The lowest BCUT2D eigenvalue weighted by molar-refractivity contribution is -0.129. The molecule has 1 unspecified atom stereocenters. The number of rotatable bonds is 7. The molecule has 0 aliphatic carbocycles. The number of aliphatic hydroxyl groups excluding tert-OH is 1. The topological polar surface area (TPSA) is 74.0 Å². The number of allylic oxidation sites excluding steroid dienone is 1. The van der Waals surface area contributed by atoms with Crippen LogP contribution in [-0.2, 0) is 9.59 Å². The summed E-state index contributed by atoms with van der Waals surface area (Å²) < 4.78 is 5.19. The molecule has 0 radical (unpaired) electrons. The third kappa shape index (κ3) is 4.01. The minimum atomic E-state index is -0.618. The monoisotopic (exact) mass is 366 g/mol. The van der Waals surface area contributed by atoms with Crippen LogP contribution < -0.4 is 0 Å². The maximum Gasteiger partial charge on any atom is 0.290 e. The molecule has 1 aromatic carbocycles. The molecule has 0 bridgehead atoms. The summed E-state index contributed by atoms with van der Waals surface area (Å²) in [5.41, 5.74) is 0.871. The van der Waals surface area contributed by atoms with Crippen molar-refractivity contribution in [1.29, 1.82) is 0 Å². The standard InChI is InChI=1S/C21H22N2O4/c1-22(2)12-13-23-19(15-7-4-3-5-8-15)18(20(25)21(23)26)17(24)11-10-16-9-6-14-27-16/h3-11,14,19,25H,12-13H2,1-2H3/b11-10+. The number of furan rings is 1. The van der Waals surface area contributed by atoms with Crippen LogP contribution in [-0.4, -0.2) is 53.8 Å². The molecule has 1 amide bonds. The molecule has 2 heterocycles. The Morgan fingerprint density at radius 3 is 2.59 bits per heavy atom. The Kier molecular flexibility index (Phi) is 5.57. The summed E-state index contributed by atoms with van der Waals surface area (Å²) in [5.74, 6) is -0.913. The van der Waals surface area contributed by atoms with E-state index in [2.05, 4.69) is 0 Å². The molecule has 1 atom stereocenters. The molecule has 0 saturated carbocycles. The third-order valence-electron chi connectivity index (χ3n) is 4.41. The van der Waals surface area contributed by atoms with Gasteiger partial charge in [-0.2, -0.15) is 0 Å². The van der Waals surface area contributed by atoms with Gasteiger partial charge in [-0.05, 0) is 43.9 Å². The fourth-order valence-corrected chi connectivity index (χ4v) is 3.06. The van der Waals surface area contributed by atoms with E-state index in [9.17, 15) is 14.7 Å². The van der Waals surface area contributed by atoms with Gasteiger partial charge in [-0.15, -0.1) is 0 Å². The Morgan fingerprint density at radius 1 is 1.22 bits per heavy atom. The lowest BCUT2D eigenvalue weighted by Crippen LogP contribution is -2.36. The summed E-state index contributed by atoms with van der Waals surface area (Å²) in [4.78, 5) is 29.0. The number of carbonyl (C=O) groups excluding carboxylic acids is 2. The molecule has 1 aliphatic rings. The van der Waals surface area contributed by atoms with Crippen LogP contribution in [0.4, 0.5) is 0 Å². The van der Waals surface area contributed by atoms with Crippen molar-refractivity contribution >= 4 is 17.8 Å². The Balaban J connectivity index is 1.95. The van der Waals surface area contributed by atoms with Crippen LogP contribution in [0.2, 0.25) is 0 Å². The van der Waals surface area contributed by atoms with Crippen LogP contribution in [0.25, 0.3) is 6.08 Å². The van der Waals surface area contributed by atoms with Crippen molar-refractivity contribution in [3.63, 3.8) is 0 Å². The van der Waals surface area contributed by atoms with Crippen LogP contribution >= 0.6 is 0 Å². The number of aliphatic hydroxyl groups is 1. The molecule has 1 aromatic heterocycles. The Bertz CT molecular complexity index is 867. The van der Waals surface area contributed by atoms with Gasteiger partial charge < -0.3 is 19.3 Å². The summed E-state index contributed by atoms with van der Waals surface area (Å²) in [7, 11) is 3.81. The van der Waals surface area contributed by atoms with Gasteiger partial charge in [0.15, 0.2) is 11.5 Å². The second-order valence-corrected chi connectivity index (χ2v) is 6.59. The molecular formula is C21H22N2O4. The summed E-state index contributed by atoms with van der Waals surface area (Å²) in [6.45, 7) is 1.01. The molecule has 0 saturated heterocycles. The molecule has 6 heteroatoms. The molecule has 6 nitrogen and oxygen atoms in total. The van der Waals surface area contributed by atoms with Crippen LogP contribution in [0.1, 0.15) is 17.4 Å². The van der Waals surface area contributed by atoms with Crippen molar-refractivity contribution in [1.82, 2.24) is 9.80 Å². The van der Waals surface area contributed by atoms with Crippen LogP contribution in [0.15, 0.2) is 70.6 Å². The van der Waals surface area contributed by atoms with E-state index in [1.165, 1.54) is 18.4 Å². The van der Waals surface area contributed by atoms with Crippen molar-refractivity contribution in [3.05, 3.63) is 77.5 Å². The molecule has 1 N–H and O–H groups in total. The normalized spacial score (nSPS) is 17.5. The van der Waals surface area contributed by atoms with E-state index in [-0.39, 0.29) is 5.57 Å². The third-order valence-corrected chi connectivity index (χ3v) is 4.41. The number of hydrogen-bond acceptors (Lipinski definition) is 5. The van der Waals surface area contributed by atoms with Crippen LogP contribution in [0, 0.1) is 0 Å². The van der Waals surface area contributed by atoms with Crippen molar-refractivity contribution in [3.8, 4) is 0 Å². The van der Waals surface area contributed by atoms with Gasteiger partial charge in [0.05, 0.1) is 17.9 Å². The summed E-state index contributed by atoms with van der Waals surface area (Å²) >= 11 is 0. The zero-order valence-corrected chi connectivity index (χ0v) is 15.3. The first kappa shape index (κ1) is 18.7. The highest BCUT2D eigenvalue weighted by atomic mass is 16.3. The zero-order valence-electron chi connectivity index (χ0n) is 15.3. The van der Waals surface area contributed by atoms with E-state index in [0.717, 1.165) is 5.56 Å². The van der Waals surface area contributed by atoms with Crippen molar-refractivity contribution in [2.24, 2.45) is 0 Å². The van der Waals surface area contributed by atoms with Crippen molar-refractivity contribution in [2.75, 3.05) is 27.2 Å². The van der Waals surface area contributed by atoms with E-state index in [0.29, 0.717) is 18.8 Å². The van der Waals surface area contributed by atoms with Gasteiger partial charge in [-0.1, -0.05) is 30.3 Å². The molecule has 1 aliphatic heterocycles. The fourth-order valence-electron chi connectivity index (χ4n) is 3.06. The molecule has 140 valence electrons. The minimum absolute atomic E-state index is 0.0905. The van der Waals surface area contributed by atoms with Gasteiger partial charge in [0.2, 0.25) is 0 Å². The molecule has 2 aromatic rings. The highest BCUT2D eigenvalue weighted by Gasteiger charge is 2.42. The number of nitrogens with zero attached hydrogens (tertiary/aromatic N) is 2. The zero-order chi connectivity index (χ0) is 19.4. The highest BCUT2D eigenvalue weighted by molar-refractivity contribution is 6.14. The summed E-state index contributed by atoms with van der Waals surface area (Å²) in [6, 6.07) is 12.1. The lowest BCUT2D eigenvalue weighted by Gasteiger charge is -2.27. The van der Waals surface area contributed by atoms with Gasteiger partial charge >= 0.3 is 0 Å². The molecular weight excluding hydrogens is 344 g/mol. The Morgan fingerprint density at radius 2 is 1.96 bits per heavy atom. The number of amides is 1. The summed E-state index contributed by atoms with van der Waals surface area (Å²) in [5, 5.41) is 10.4. The quantitative estimate of drug-likeness (QED) is 0.763. The molecule has 0 fully saturated rings. The maximum absolute atomic E-state index is 12.8. The van der Waals surface area contributed by atoms with Gasteiger partial charge in [0.1, 0.15) is 5.76 Å². The Labute approximate surface area is 158 Å². The smallest absolute Gasteiger partial charge is 0.290 e. The minimum Gasteiger partial charge on any atom is -0.503 e. The van der Waals surface area contributed by atoms with E-state index >= 15 is 0 Å². The van der Waals surface area contributed by atoms with Gasteiger partial charge in [0, 0.05) is 13.1 Å². The largest absolute Gasteiger partial charge is 0.503 e. The fraction of sp³-hybridized carbons (Fsp3) is 0.238. The highest BCUT2D eigenvalue weighted by Crippen LogP contribution is 2.37. The molecule has 3 rings (SSSR count). The van der Waals surface area contributed by atoms with Gasteiger partial charge in [0.25, 0.3) is 5.91 Å². The summed E-state index contributed by atoms with van der Waals surface area (Å²) in [6.07, 6.45) is 4.36. The van der Waals surface area contributed by atoms with Crippen LogP contribution in [0.5, 0.6) is 0 Å². The average molecular weight is 366 g/mol. The van der Waals surface area contributed by atoms with E-state index in [1.807, 2.05) is 49.3 Å². The van der Waals surface area contributed by atoms with E-state index < -0.39 is 23.5 Å². The van der Waals surface area contributed by atoms with Crippen molar-refractivity contribution < 1.29 is 19.1 Å². The number of ketones is 1. The predicted octanol–water partition coefficient (Wildman–Crippen LogP) is 2.82. The first-order valence-electron chi connectivity index (χ1n) is 8.68. The predicted molar refractivity (Wildman–Crippen MR) is 102 cm³/mol. The average Bonchev–Trinajstić information content (AvgIpc) is 3.26. The molecule has 0 spiro atoms. The van der Waals surface area contributed by atoms with E-state index in [1.54, 1.807) is 17.0 Å². The van der Waals surface area contributed by atoms with Gasteiger partial charge in [-0.25, -0.2) is 0 Å². The number of carbonyl (C=O) groups is 2. The second-order valence-electron chi connectivity index (χ2n) is 6.59. The first-order chi connectivity index (χ1) is 13.0. The molecule has 27 heavy (non-hydrogen) atoms. The maximum atomic E-state index is 12.8. The first-order valence-corrected chi connectivity index (χ1v) is 8.68.